The summed E-state index contributed by atoms with van der Waals surface area (Å²) < 4.78 is 46.2. The number of rotatable bonds is 3. The Balaban J connectivity index is 0.00000196. The summed E-state index contributed by atoms with van der Waals surface area (Å²) in [6, 6.07) is 0. The van der Waals surface area contributed by atoms with Gasteiger partial charge in [-0.25, -0.2) is 0 Å². The summed E-state index contributed by atoms with van der Waals surface area (Å²) in [6.07, 6.45) is -2.19. The molecule has 6 heteroatoms. The van der Waals surface area contributed by atoms with Gasteiger partial charge in [-0.1, -0.05) is 0 Å². The Bertz CT molecular complexity index is 169. The van der Waals surface area contributed by atoms with Crippen molar-refractivity contribution in [1.29, 1.82) is 0 Å². The summed E-state index contributed by atoms with van der Waals surface area (Å²) in [5.41, 5.74) is 0. The van der Waals surface area contributed by atoms with Crippen LogP contribution in [0, 0.1) is 12.8 Å². The van der Waals surface area contributed by atoms with Gasteiger partial charge in [0.2, 0.25) is 0 Å². The van der Waals surface area contributed by atoms with Crippen LogP contribution in [0.5, 0.6) is 0 Å². The summed E-state index contributed by atoms with van der Waals surface area (Å²) in [6.45, 7) is 3.13. The van der Waals surface area contributed by atoms with Crippen molar-refractivity contribution in [2.24, 2.45) is 5.92 Å². The fourth-order valence-corrected chi connectivity index (χ4v) is 1.16. The van der Waals surface area contributed by atoms with E-state index in [1.54, 1.807) is 0 Å². The van der Waals surface area contributed by atoms with Gasteiger partial charge in [-0.2, -0.15) is 13.2 Å². The molecule has 1 unspecified atom stereocenters. The molecule has 84 valence electrons. The number of ether oxygens (including phenoxy) is 2. The van der Waals surface area contributed by atoms with E-state index in [1.807, 2.05) is 0 Å². The van der Waals surface area contributed by atoms with Crippen LogP contribution in [0.15, 0.2) is 0 Å². The largest absolute Gasteiger partial charge is 1.00 e. The van der Waals surface area contributed by atoms with Crippen molar-refractivity contribution in [2.75, 3.05) is 13.2 Å². The third kappa shape index (κ3) is 5.81. The van der Waals surface area contributed by atoms with Crippen molar-refractivity contribution in [3.8, 4) is 0 Å². The molecule has 0 saturated carbocycles. The Morgan fingerprint density at radius 3 is 2.53 bits per heavy atom. The van der Waals surface area contributed by atoms with E-state index in [2.05, 4.69) is 6.92 Å². The van der Waals surface area contributed by atoms with Gasteiger partial charge in [0.25, 0.3) is 0 Å². The molecule has 0 aromatic rings. The molecule has 0 N–H and O–H groups in total. The van der Waals surface area contributed by atoms with Gasteiger partial charge in [-0.15, -0.1) is 0 Å². The van der Waals surface area contributed by atoms with Crippen LogP contribution >= 0.6 is 0 Å². The van der Waals surface area contributed by atoms with Crippen LogP contribution in [-0.2, 0) is 9.47 Å². The maximum absolute atomic E-state index is 12.0. The third-order valence-electron chi connectivity index (χ3n) is 2.08. The minimum absolute atomic E-state index is 0. The molecule has 2 atom stereocenters. The first kappa shape index (κ1) is 15.3. The van der Waals surface area contributed by atoms with Crippen LogP contribution in [0.25, 0.3) is 0 Å². The molecule has 0 amide bonds. The van der Waals surface area contributed by atoms with Gasteiger partial charge >= 0.3 is 25.0 Å². The van der Waals surface area contributed by atoms with E-state index in [1.165, 1.54) is 0 Å². The van der Waals surface area contributed by atoms with Crippen LogP contribution in [0.3, 0.4) is 0 Å². The minimum Gasteiger partial charge on any atom is -0.355 e. The van der Waals surface area contributed by atoms with E-state index in [0.29, 0.717) is 13.0 Å². The first-order valence-corrected chi connectivity index (χ1v) is 4.63. The average Bonchev–Trinajstić information content (AvgIpc) is 2.14. The Hall–Kier alpha value is 0.307. The topological polar surface area (TPSA) is 18.5 Å². The van der Waals surface area contributed by atoms with E-state index in [-0.39, 0.29) is 18.9 Å². The van der Waals surface area contributed by atoms with Gasteiger partial charge in [0.1, 0.15) is 0 Å². The Morgan fingerprint density at radius 1 is 1.40 bits per heavy atom. The van der Waals surface area contributed by atoms with Crippen LogP contribution in [-0.4, -0.2) is 25.7 Å². The van der Waals surface area contributed by atoms with E-state index in [9.17, 15) is 13.2 Å². The minimum atomic E-state index is -4.28. The summed E-state index contributed by atoms with van der Waals surface area (Å²) in [7, 11) is 0. The second-order valence-electron chi connectivity index (χ2n) is 3.37. The summed E-state index contributed by atoms with van der Waals surface area (Å²) in [5.74, 6) is -1.67. The molecule has 1 heterocycles. The van der Waals surface area contributed by atoms with Crippen LogP contribution < -0.4 is 18.9 Å². The molecule has 1 aliphatic heterocycles. The second kappa shape index (κ2) is 6.80. The monoisotopic (exact) mass is 218 g/mol. The Labute approximate surface area is 99.7 Å². The standard InChI is InChI=1S/C9H14F3O2.Li/c1-7(9(10,11)12)6-14-8-4-2-3-5-13-8;/h7-8H,1-6H2;/q-1;+1/t7-,8?;/m1./s1. The molecular formula is C9H14F3LiO2. The third-order valence-corrected chi connectivity index (χ3v) is 2.08. The van der Waals surface area contributed by atoms with Gasteiger partial charge < -0.3 is 16.4 Å². The predicted octanol–water partition coefficient (Wildman–Crippen LogP) is -0.454. The fourth-order valence-electron chi connectivity index (χ4n) is 1.16. The Morgan fingerprint density at radius 2 is 2.07 bits per heavy atom. The quantitative estimate of drug-likeness (QED) is 0.471. The molecule has 1 aliphatic rings. The van der Waals surface area contributed by atoms with Gasteiger partial charge in [0.05, 0.1) is 0 Å². The SMILES string of the molecule is [CH2-][C@H](COC1CCCCO1)C(F)(F)F.[Li+]. The zero-order valence-electron chi connectivity index (χ0n) is 8.85. The summed E-state index contributed by atoms with van der Waals surface area (Å²) >= 11 is 0. The molecule has 2 nitrogen and oxygen atoms in total. The first-order chi connectivity index (χ1) is 6.50. The predicted molar refractivity (Wildman–Crippen MR) is 44.4 cm³/mol. The zero-order valence-corrected chi connectivity index (χ0v) is 8.85. The normalized spacial score (nSPS) is 24.4. The van der Waals surface area contributed by atoms with E-state index in [0.717, 1.165) is 12.8 Å². The molecule has 0 spiro atoms. The van der Waals surface area contributed by atoms with E-state index >= 15 is 0 Å². The summed E-state index contributed by atoms with van der Waals surface area (Å²) in [5, 5.41) is 0. The Kier molecular flexibility index (Phi) is 6.94. The van der Waals surface area contributed by atoms with Crippen LogP contribution in [0.1, 0.15) is 19.3 Å². The number of hydrogen-bond acceptors (Lipinski definition) is 2. The van der Waals surface area contributed by atoms with Crippen molar-refractivity contribution >= 4 is 0 Å². The molecule has 1 rings (SSSR count). The smallest absolute Gasteiger partial charge is 0.355 e. The molecule has 15 heavy (non-hydrogen) atoms. The van der Waals surface area contributed by atoms with Gasteiger partial charge in [-0.05, 0) is 25.2 Å². The summed E-state index contributed by atoms with van der Waals surface area (Å²) in [4.78, 5) is 0. The molecule has 1 saturated heterocycles. The van der Waals surface area contributed by atoms with Gasteiger partial charge in [-0.3, -0.25) is 0 Å². The first-order valence-electron chi connectivity index (χ1n) is 4.63. The van der Waals surface area contributed by atoms with E-state index in [4.69, 9.17) is 9.47 Å². The average molecular weight is 218 g/mol. The van der Waals surface area contributed by atoms with E-state index < -0.39 is 25.0 Å². The second-order valence-corrected chi connectivity index (χ2v) is 3.37. The molecule has 0 radical (unpaired) electrons. The van der Waals surface area contributed by atoms with Crippen molar-refractivity contribution < 1.29 is 41.5 Å². The maximum Gasteiger partial charge on any atom is 1.00 e. The van der Waals surface area contributed by atoms with Crippen molar-refractivity contribution in [2.45, 2.75) is 31.7 Å². The number of hydrogen-bond donors (Lipinski definition) is 0. The van der Waals surface area contributed by atoms with Crippen LogP contribution in [0.2, 0.25) is 0 Å². The molecule has 0 aromatic carbocycles. The van der Waals surface area contributed by atoms with Crippen molar-refractivity contribution in [1.82, 2.24) is 0 Å². The number of alkyl halides is 3. The molecule has 0 bridgehead atoms. The van der Waals surface area contributed by atoms with Crippen molar-refractivity contribution in [3.63, 3.8) is 0 Å². The number of halogens is 3. The van der Waals surface area contributed by atoms with Crippen LogP contribution in [0.4, 0.5) is 13.2 Å². The van der Waals surface area contributed by atoms with Gasteiger partial charge in [0, 0.05) is 13.2 Å². The molecule has 1 fully saturated rings. The van der Waals surface area contributed by atoms with Crippen molar-refractivity contribution in [3.05, 3.63) is 6.92 Å². The fraction of sp³-hybridized carbons (Fsp3) is 0.889. The molecule has 0 aromatic heterocycles. The maximum atomic E-state index is 12.0. The molecule has 0 aliphatic carbocycles. The van der Waals surface area contributed by atoms with Gasteiger partial charge in [0.15, 0.2) is 6.29 Å². The molecular weight excluding hydrogens is 204 g/mol. The zero-order chi connectivity index (χ0) is 10.6.